The summed E-state index contributed by atoms with van der Waals surface area (Å²) in [6, 6.07) is 16.2. The standard InChI is InChI=1S/C25H30N2O6/c1-16(24(29)30)11-13-26-23(28)22(32-2)12-14-27-25(31)33-15-21-19-9-5-3-7-17(19)18-8-4-6-10-20(18)21/h3-10,16,21-22H,11-15H2,1-2H3,(H,26,28)(H,27,31)(H,29,30). The average molecular weight is 455 g/mol. The number of methoxy groups -OCH3 is 1. The number of carboxylic acid groups (broad SMARTS) is 1. The summed E-state index contributed by atoms with van der Waals surface area (Å²) in [6.45, 7) is 2.25. The molecule has 0 bridgehead atoms. The second kappa shape index (κ2) is 11.5. The number of hydrogen-bond acceptors (Lipinski definition) is 5. The van der Waals surface area contributed by atoms with Crippen molar-refractivity contribution in [2.24, 2.45) is 5.92 Å². The quantitative estimate of drug-likeness (QED) is 0.481. The number of carboxylic acids is 1. The first kappa shape index (κ1) is 24.3. The van der Waals surface area contributed by atoms with Crippen molar-refractivity contribution in [3.63, 3.8) is 0 Å². The summed E-state index contributed by atoms with van der Waals surface area (Å²) in [5.74, 6) is -1.81. The molecule has 8 nitrogen and oxygen atoms in total. The van der Waals surface area contributed by atoms with Crippen LogP contribution in [0, 0.1) is 5.92 Å². The third-order valence-corrected chi connectivity index (χ3v) is 5.89. The van der Waals surface area contributed by atoms with Crippen LogP contribution in [-0.2, 0) is 19.1 Å². The van der Waals surface area contributed by atoms with Gasteiger partial charge >= 0.3 is 12.1 Å². The van der Waals surface area contributed by atoms with Crippen LogP contribution in [0.3, 0.4) is 0 Å². The molecule has 0 spiro atoms. The van der Waals surface area contributed by atoms with Gasteiger partial charge in [-0.3, -0.25) is 9.59 Å². The lowest BCUT2D eigenvalue weighted by molar-refractivity contribution is -0.141. The van der Waals surface area contributed by atoms with Crippen LogP contribution in [0.25, 0.3) is 11.1 Å². The Bertz CT molecular complexity index is 947. The van der Waals surface area contributed by atoms with E-state index in [9.17, 15) is 14.4 Å². The molecule has 0 saturated carbocycles. The third-order valence-electron chi connectivity index (χ3n) is 5.89. The molecule has 2 aromatic rings. The molecule has 0 radical (unpaired) electrons. The van der Waals surface area contributed by atoms with E-state index in [4.69, 9.17) is 14.6 Å². The molecule has 0 aliphatic heterocycles. The fourth-order valence-corrected chi connectivity index (χ4v) is 3.96. The number of nitrogens with one attached hydrogen (secondary N) is 2. The van der Waals surface area contributed by atoms with Crippen molar-refractivity contribution in [1.82, 2.24) is 10.6 Å². The van der Waals surface area contributed by atoms with Gasteiger partial charge in [0.05, 0.1) is 5.92 Å². The summed E-state index contributed by atoms with van der Waals surface area (Å²) in [7, 11) is 1.41. The molecule has 2 aromatic carbocycles. The molecule has 2 atom stereocenters. The Kier molecular flexibility index (Phi) is 8.43. The van der Waals surface area contributed by atoms with Gasteiger partial charge in [-0.2, -0.15) is 0 Å². The molecule has 33 heavy (non-hydrogen) atoms. The van der Waals surface area contributed by atoms with Gasteiger partial charge in [-0.15, -0.1) is 0 Å². The lowest BCUT2D eigenvalue weighted by Crippen LogP contribution is -2.39. The number of rotatable bonds is 11. The van der Waals surface area contributed by atoms with Gasteiger partial charge in [-0.1, -0.05) is 55.5 Å². The van der Waals surface area contributed by atoms with Gasteiger partial charge in [-0.25, -0.2) is 4.79 Å². The molecule has 0 fully saturated rings. The maximum atomic E-state index is 12.2. The number of amides is 2. The maximum absolute atomic E-state index is 12.2. The summed E-state index contributed by atoms with van der Waals surface area (Å²) < 4.78 is 10.7. The maximum Gasteiger partial charge on any atom is 0.407 e. The van der Waals surface area contributed by atoms with E-state index >= 15 is 0 Å². The van der Waals surface area contributed by atoms with Gasteiger partial charge in [0.2, 0.25) is 5.91 Å². The molecule has 1 aliphatic carbocycles. The fourth-order valence-electron chi connectivity index (χ4n) is 3.96. The number of ether oxygens (including phenoxy) is 2. The van der Waals surface area contributed by atoms with E-state index in [0.29, 0.717) is 6.42 Å². The summed E-state index contributed by atoms with van der Waals surface area (Å²) >= 11 is 0. The van der Waals surface area contributed by atoms with Crippen molar-refractivity contribution in [1.29, 1.82) is 0 Å². The van der Waals surface area contributed by atoms with Crippen LogP contribution in [0.4, 0.5) is 4.79 Å². The molecule has 0 saturated heterocycles. The summed E-state index contributed by atoms with van der Waals surface area (Å²) in [6.07, 6.45) is -0.710. The van der Waals surface area contributed by atoms with Gasteiger partial charge in [-0.05, 0) is 28.7 Å². The number of fused-ring (bicyclic) bond motifs is 3. The van der Waals surface area contributed by atoms with Gasteiger partial charge in [0.15, 0.2) is 0 Å². The zero-order chi connectivity index (χ0) is 23.8. The highest BCUT2D eigenvalue weighted by Crippen LogP contribution is 2.44. The number of alkyl carbamates (subject to hydrolysis) is 1. The molecule has 8 heteroatoms. The minimum Gasteiger partial charge on any atom is -0.481 e. The molecule has 176 valence electrons. The molecule has 3 N–H and O–H groups in total. The number of aliphatic carboxylic acids is 1. The number of hydrogen-bond donors (Lipinski definition) is 3. The Labute approximate surface area is 193 Å². The highest BCUT2D eigenvalue weighted by Gasteiger charge is 2.29. The Morgan fingerprint density at radius 1 is 0.939 bits per heavy atom. The minimum atomic E-state index is -0.903. The summed E-state index contributed by atoms with van der Waals surface area (Å²) in [4.78, 5) is 35.3. The second-order valence-electron chi connectivity index (χ2n) is 8.08. The molecule has 0 aromatic heterocycles. The Morgan fingerprint density at radius 2 is 1.52 bits per heavy atom. The predicted octanol–water partition coefficient (Wildman–Crippen LogP) is 3.16. The zero-order valence-corrected chi connectivity index (χ0v) is 18.9. The molecule has 2 unspecified atom stereocenters. The summed E-state index contributed by atoms with van der Waals surface area (Å²) in [5.41, 5.74) is 4.60. The highest BCUT2D eigenvalue weighted by atomic mass is 16.5. The van der Waals surface area contributed by atoms with Crippen LogP contribution in [0.5, 0.6) is 0 Å². The van der Waals surface area contributed by atoms with Crippen molar-refractivity contribution in [2.75, 3.05) is 26.8 Å². The van der Waals surface area contributed by atoms with Crippen LogP contribution < -0.4 is 10.6 Å². The van der Waals surface area contributed by atoms with E-state index in [2.05, 4.69) is 34.9 Å². The van der Waals surface area contributed by atoms with E-state index < -0.39 is 24.1 Å². The number of carbonyl (C=O) groups is 3. The Hall–Kier alpha value is -3.39. The molecular formula is C25H30N2O6. The van der Waals surface area contributed by atoms with E-state index in [-0.39, 0.29) is 37.9 Å². The smallest absolute Gasteiger partial charge is 0.407 e. The van der Waals surface area contributed by atoms with Crippen LogP contribution in [0.15, 0.2) is 48.5 Å². The van der Waals surface area contributed by atoms with Crippen molar-refractivity contribution < 1.29 is 29.0 Å². The van der Waals surface area contributed by atoms with Crippen molar-refractivity contribution in [3.05, 3.63) is 59.7 Å². The number of benzene rings is 2. The van der Waals surface area contributed by atoms with Crippen LogP contribution in [-0.4, -0.2) is 56.0 Å². The lowest BCUT2D eigenvalue weighted by atomic mass is 9.98. The van der Waals surface area contributed by atoms with E-state index in [0.717, 1.165) is 22.3 Å². The largest absolute Gasteiger partial charge is 0.481 e. The molecule has 3 rings (SSSR count). The van der Waals surface area contributed by atoms with Gasteiger partial charge in [0, 0.05) is 32.5 Å². The van der Waals surface area contributed by atoms with Crippen LogP contribution in [0.2, 0.25) is 0 Å². The number of carbonyl (C=O) groups excluding carboxylic acids is 2. The topological polar surface area (TPSA) is 114 Å². The Balaban J connectivity index is 1.43. The molecular weight excluding hydrogens is 424 g/mol. The van der Waals surface area contributed by atoms with Crippen LogP contribution in [0.1, 0.15) is 36.8 Å². The third kappa shape index (κ3) is 6.10. The van der Waals surface area contributed by atoms with E-state index in [1.807, 2.05) is 24.3 Å². The zero-order valence-electron chi connectivity index (χ0n) is 18.9. The van der Waals surface area contributed by atoms with Gasteiger partial charge < -0.3 is 25.2 Å². The van der Waals surface area contributed by atoms with Gasteiger partial charge in [0.1, 0.15) is 12.7 Å². The van der Waals surface area contributed by atoms with E-state index in [1.165, 1.54) is 7.11 Å². The second-order valence-corrected chi connectivity index (χ2v) is 8.08. The van der Waals surface area contributed by atoms with E-state index in [1.54, 1.807) is 6.92 Å². The van der Waals surface area contributed by atoms with Gasteiger partial charge in [0.25, 0.3) is 0 Å². The lowest BCUT2D eigenvalue weighted by Gasteiger charge is -2.17. The normalized spacial score (nSPS) is 14.0. The molecule has 1 aliphatic rings. The van der Waals surface area contributed by atoms with Crippen molar-refractivity contribution >= 4 is 18.0 Å². The average Bonchev–Trinajstić information content (AvgIpc) is 3.14. The monoisotopic (exact) mass is 454 g/mol. The predicted molar refractivity (Wildman–Crippen MR) is 123 cm³/mol. The SMILES string of the molecule is COC(CCNC(=O)OCC1c2ccccc2-c2ccccc21)C(=O)NCCC(C)C(=O)O. The molecule has 2 amide bonds. The van der Waals surface area contributed by atoms with Crippen molar-refractivity contribution in [3.8, 4) is 11.1 Å². The summed E-state index contributed by atoms with van der Waals surface area (Å²) in [5, 5.41) is 14.2. The Morgan fingerprint density at radius 3 is 2.09 bits per heavy atom. The first-order valence-electron chi connectivity index (χ1n) is 11.0. The minimum absolute atomic E-state index is 0.0196. The van der Waals surface area contributed by atoms with Crippen LogP contribution >= 0.6 is 0 Å². The first-order chi connectivity index (χ1) is 15.9. The fraction of sp³-hybridized carbons (Fsp3) is 0.400. The van der Waals surface area contributed by atoms with Crippen molar-refractivity contribution in [2.45, 2.75) is 31.8 Å². The first-order valence-corrected chi connectivity index (χ1v) is 11.0. The highest BCUT2D eigenvalue weighted by molar-refractivity contribution is 5.81. The molecule has 0 heterocycles.